The highest BCUT2D eigenvalue weighted by Crippen LogP contribution is 2.18. The Hall–Kier alpha value is -1.06. The number of carboxylic acids is 2. The van der Waals surface area contributed by atoms with Crippen LogP contribution < -0.4 is 0 Å². The molecular formula is C9H16O4. The maximum atomic E-state index is 10.7. The Kier molecular flexibility index (Phi) is 5.11. The predicted molar refractivity (Wildman–Crippen MR) is 47.5 cm³/mol. The van der Waals surface area contributed by atoms with Gasteiger partial charge in [-0.1, -0.05) is 13.8 Å². The van der Waals surface area contributed by atoms with E-state index in [0.717, 1.165) is 0 Å². The van der Waals surface area contributed by atoms with E-state index in [1.807, 2.05) is 13.8 Å². The molecule has 13 heavy (non-hydrogen) atoms. The van der Waals surface area contributed by atoms with Crippen molar-refractivity contribution in [3.8, 4) is 0 Å². The van der Waals surface area contributed by atoms with Crippen molar-refractivity contribution < 1.29 is 19.8 Å². The van der Waals surface area contributed by atoms with Crippen LogP contribution in [0.25, 0.3) is 0 Å². The quantitative estimate of drug-likeness (QED) is 0.663. The first-order valence-corrected chi connectivity index (χ1v) is 4.39. The van der Waals surface area contributed by atoms with Gasteiger partial charge < -0.3 is 10.2 Å². The molecule has 0 unspecified atom stereocenters. The minimum absolute atomic E-state index is 0.0521. The molecule has 0 saturated heterocycles. The van der Waals surface area contributed by atoms with Crippen LogP contribution in [0.15, 0.2) is 0 Å². The minimum Gasteiger partial charge on any atom is -0.481 e. The van der Waals surface area contributed by atoms with E-state index >= 15 is 0 Å². The monoisotopic (exact) mass is 188 g/mol. The Labute approximate surface area is 77.6 Å². The van der Waals surface area contributed by atoms with Gasteiger partial charge in [-0.15, -0.1) is 0 Å². The molecule has 0 rings (SSSR count). The van der Waals surface area contributed by atoms with Crippen LogP contribution in [-0.4, -0.2) is 22.2 Å². The number of carboxylic acid groups (broad SMARTS) is 2. The molecular weight excluding hydrogens is 172 g/mol. The van der Waals surface area contributed by atoms with Crippen LogP contribution in [0.1, 0.15) is 33.1 Å². The lowest BCUT2D eigenvalue weighted by Gasteiger charge is -2.14. The maximum Gasteiger partial charge on any atom is 0.306 e. The van der Waals surface area contributed by atoms with E-state index in [9.17, 15) is 9.59 Å². The van der Waals surface area contributed by atoms with Crippen LogP contribution in [0.4, 0.5) is 0 Å². The third-order valence-corrected chi connectivity index (χ3v) is 2.03. The van der Waals surface area contributed by atoms with Crippen LogP contribution >= 0.6 is 0 Å². The Morgan fingerprint density at radius 2 is 1.77 bits per heavy atom. The highest BCUT2D eigenvalue weighted by atomic mass is 16.4. The molecule has 4 nitrogen and oxygen atoms in total. The third-order valence-electron chi connectivity index (χ3n) is 2.03. The standard InChI is InChI=1S/C9H16O4/c1-6(2)7(9(12)13)4-3-5-8(10)11/h6-7H,3-5H2,1-2H3,(H,10,11)(H,12,13)/t7-/m1/s1. The first-order valence-electron chi connectivity index (χ1n) is 4.39. The molecule has 4 heteroatoms. The lowest BCUT2D eigenvalue weighted by molar-refractivity contribution is -0.144. The number of aliphatic carboxylic acids is 2. The predicted octanol–water partition coefficient (Wildman–Crippen LogP) is 1.60. The Morgan fingerprint density at radius 1 is 1.23 bits per heavy atom. The van der Waals surface area contributed by atoms with E-state index in [-0.39, 0.29) is 12.3 Å². The molecule has 0 aliphatic heterocycles. The summed E-state index contributed by atoms with van der Waals surface area (Å²) in [5.74, 6) is -2.06. The lowest BCUT2D eigenvalue weighted by atomic mass is 9.91. The van der Waals surface area contributed by atoms with Crippen molar-refractivity contribution in [1.29, 1.82) is 0 Å². The molecule has 0 radical (unpaired) electrons. The summed E-state index contributed by atoms with van der Waals surface area (Å²) in [5.41, 5.74) is 0. The molecule has 0 heterocycles. The third kappa shape index (κ3) is 5.22. The number of hydrogen-bond donors (Lipinski definition) is 2. The topological polar surface area (TPSA) is 74.6 Å². The molecule has 76 valence electrons. The van der Waals surface area contributed by atoms with E-state index in [0.29, 0.717) is 12.8 Å². The van der Waals surface area contributed by atoms with Crippen molar-refractivity contribution in [2.45, 2.75) is 33.1 Å². The Balaban J connectivity index is 3.84. The van der Waals surface area contributed by atoms with E-state index in [4.69, 9.17) is 10.2 Å². The smallest absolute Gasteiger partial charge is 0.306 e. The first kappa shape index (κ1) is 11.9. The molecule has 0 bridgehead atoms. The van der Waals surface area contributed by atoms with Gasteiger partial charge in [0.05, 0.1) is 5.92 Å². The fraction of sp³-hybridized carbons (Fsp3) is 0.778. The zero-order valence-electron chi connectivity index (χ0n) is 7.99. The van der Waals surface area contributed by atoms with Crippen LogP contribution in [-0.2, 0) is 9.59 Å². The van der Waals surface area contributed by atoms with Gasteiger partial charge in [0.15, 0.2) is 0 Å². The maximum absolute atomic E-state index is 10.7. The molecule has 2 N–H and O–H groups in total. The number of hydrogen-bond acceptors (Lipinski definition) is 2. The normalized spacial score (nSPS) is 12.8. The SMILES string of the molecule is CC(C)[C@@H](CCCC(=O)O)C(=O)O. The summed E-state index contributed by atoms with van der Waals surface area (Å²) in [4.78, 5) is 20.8. The second kappa shape index (κ2) is 5.56. The van der Waals surface area contributed by atoms with E-state index in [1.54, 1.807) is 0 Å². The Morgan fingerprint density at radius 3 is 2.08 bits per heavy atom. The lowest BCUT2D eigenvalue weighted by Crippen LogP contribution is -2.19. The summed E-state index contributed by atoms with van der Waals surface area (Å²) in [7, 11) is 0. The fourth-order valence-electron chi connectivity index (χ4n) is 1.22. The average Bonchev–Trinajstić information content (AvgIpc) is 1.95. The van der Waals surface area contributed by atoms with E-state index < -0.39 is 17.9 Å². The molecule has 0 saturated carbocycles. The summed E-state index contributed by atoms with van der Waals surface area (Å²) in [5, 5.41) is 17.1. The van der Waals surface area contributed by atoms with Gasteiger partial charge in [0.2, 0.25) is 0 Å². The van der Waals surface area contributed by atoms with Gasteiger partial charge in [0.25, 0.3) is 0 Å². The first-order chi connectivity index (χ1) is 5.95. The second-order valence-corrected chi connectivity index (χ2v) is 3.47. The van der Waals surface area contributed by atoms with Crippen molar-refractivity contribution in [3.05, 3.63) is 0 Å². The highest BCUT2D eigenvalue weighted by Gasteiger charge is 2.20. The molecule has 0 aromatic rings. The molecule has 1 atom stereocenters. The minimum atomic E-state index is -0.868. The van der Waals surface area contributed by atoms with Gasteiger partial charge in [-0.2, -0.15) is 0 Å². The van der Waals surface area contributed by atoms with Crippen molar-refractivity contribution in [2.24, 2.45) is 11.8 Å². The van der Waals surface area contributed by atoms with Gasteiger partial charge >= 0.3 is 11.9 Å². The van der Waals surface area contributed by atoms with Crippen molar-refractivity contribution in [1.82, 2.24) is 0 Å². The second-order valence-electron chi connectivity index (χ2n) is 3.47. The van der Waals surface area contributed by atoms with Crippen molar-refractivity contribution >= 4 is 11.9 Å². The van der Waals surface area contributed by atoms with Crippen LogP contribution in [0.3, 0.4) is 0 Å². The summed E-state index contributed by atoms with van der Waals surface area (Å²) in [6.07, 6.45) is 0.931. The molecule has 0 aromatic heterocycles. The van der Waals surface area contributed by atoms with Crippen LogP contribution in [0, 0.1) is 11.8 Å². The number of rotatable bonds is 6. The molecule has 0 fully saturated rings. The highest BCUT2D eigenvalue weighted by molar-refractivity contribution is 5.70. The van der Waals surface area contributed by atoms with E-state index in [2.05, 4.69) is 0 Å². The van der Waals surface area contributed by atoms with Gasteiger partial charge in [-0.25, -0.2) is 0 Å². The average molecular weight is 188 g/mol. The fourth-order valence-corrected chi connectivity index (χ4v) is 1.22. The number of carbonyl (C=O) groups is 2. The van der Waals surface area contributed by atoms with Gasteiger partial charge in [0, 0.05) is 6.42 Å². The van der Waals surface area contributed by atoms with Gasteiger partial charge in [-0.05, 0) is 18.8 Å². The summed E-state index contributed by atoms with van der Waals surface area (Å²) >= 11 is 0. The molecule has 0 spiro atoms. The zero-order valence-corrected chi connectivity index (χ0v) is 7.99. The zero-order chi connectivity index (χ0) is 10.4. The van der Waals surface area contributed by atoms with E-state index in [1.165, 1.54) is 0 Å². The summed E-state index contributed by atoms with van der Waals surface area (Å²) in [6, 6.07) is 0. The van der Waals surface area contributed by atoms with Crippen molar-refractivity contribution in [3.63, 3.8) is 0 Å². The largest absolute Gasteiger partial charge is 0.481 e. The molecule has 0 aliphatic carbocycles. The summed E-state index contributed by atoms with van der Waals surface area (Å²) < 4.78 is 0. The van der Waals surface area contributed by atoms with Crippen LogP contribution in [0.2, 0.25) is 0 Å². The van der Waals surface area contributed by atoms with Crippen molar-refractivity contribution in [2.75, 3.05) is 0 Å². The molecule has 0 aromatic carbocycles. The van der Waals surface area contributed by atoms with Gasteiger partial charge in [0.1, 0.15) is 0 Å². The Bertz CT molecular complexity index is 186. The molecule has 0 aliphatic rings. The molecule has 0 amide bonds. The summed E-state index contributed by atoms with van der Waals surface area (Å²) in [6.45, 7) is 3.67. The van der Waals surface area contributed by atoms with Gasteiger partial charge in [-0.3, -0.25) is 9.59 Å². The van der Waals surface area contributed by atoms with Crippen LogP contribution in [0.5, 0.6) is 0 Å².